The van der Waals surface area contributed by atoms with Gasteiger partial charge in [0.25, 0.3) is 0 Å². The third-order valence-corrected chi connectivity index (χ3v) is 4.38. The smallest absolute Gasteiger partial charge is 0.182 e. The van der Waals surface area contributed by atoms with Gasteiger partial charge in [-0.25, -0.2) is 15.0 Å². The first-order valence-electron chi connectivity index (χ1n) is 9.20. The van der Waals surface area contributed by atoms with Crippen LogP contribution >= 0.6 is 0 Å². The Hall–Kier alpha value is -3.15. The molecule has 0 atom stereocenters. The van der Waals surface area contributed by atoms with E-state index in [1.165, 1.54) is 11.1 Å². The Morgan fingerprint density at radius 3 is 2.22 bits per heavy atom. The molecule has 140 valence electrons. The van der Waals surface area contributed by atoms with Crippen molar-refractivity contribution in [2.24, 2.45) is 0 Å². The van der Waals surface area contributed by atoms with Gasteiger partial charge in [-0.1, -0.05) is 38.1 Å². The lowest BCUT2D eigenvalue weighted by atomic mass is 9.99. The summed E-state index contributed by atoms with van der Waals surface area (Å²) < 4.78 is 5.55. The highest BCUT2D eigenvalue weighted by Gasteiger charge is 2.14. The van der Waals surface area contributed by atoms with Crippen LogP contribution in [0, 0.1) is 0 Å². The second kappa shape index (κ2) is 8.49. The maximum absolute atomic E-state index is 6.21. The van der Waals surface area contributed by atoms with Crippen molar-refractivity contribution in [2.45, 2.75) is 33.1 Å². The Kier molecular flexibility index (Phi) is 5.86. The van der Waals surface area contributed by atoms with E-state index in [0.29, 0.717) is 41.9 Å². The molecule has 0 saturated heterocycles. The number of benzene rings is 1. The van der Waals surface area contributed by atoms with Crippen molar-refractivity contribution in [1.29, 1.82) is 0 Å². The van der Waals surface area contributed by atoms with Crippen LogP contribution in [0.2, 0.25) is 0 Å². The monoisotopic (exact) mass is 363 g/mol. The number of pyridine rings is 1. The average Bonchev–Trinajstić information content (AvgIpc) is 2.69. The molecule has 0 aliphatic heterocycles. The van der Waals surface area contributed by atoms with Gasteiger partial charge >= 0.3 is 0 Å². The topological polar surface area (TPSA) is 99.9 Å². The van der Waals surface area contributed by atoms with E-state index < -0.39 is 0 Å². The second-order valence-corrected chi connectivity index (χ2v) is 6.32. The summed E-state index contributed by atoms with van der Waals surface area (Å²) in [5, 5.41) is 0. The maximum Gasteiger partial charge on any atom is 0.182 e. The molecule has 0 fully saturated rings. The number of anilines is 2. The third kappa shape index (κ3) is 4.34. The minimum absolute atomic E-state index is 0.386. The van der Waals surface area contributed by atoms with Crippen molar-refractivity contribution in [3.63, 3.8) is 0 Å². The zero-order valence-corrected chi connectivity index (χ0v) is 15.8. The van der Waals surface area contributed by atoms with Gasteiger partial charge in [-0.15, -0.1) is 0 Å². The molecular formula is C21H25N5O. The number of nitrogen functional groups attached to an aromatic ring is 2. The zero-order valence-electron chi connectivity index (χ0n) is 15.8. The Morgan fingerprint density at radius 1 is 0.926 bits per heavy atom. The number of hydrogen-bond acceptors (Lipinski definition) is 6. The van der Waals surface area contributed by atoms with E-state index in [-0.39, 0.29) is 0 Å². The lowest BCUT2D eigenvalue weighted by Crippen LogP contribution is -2.09. The Balaban J connectivity index is 1.86. The van der Waals surface area contributed by atoms with Crippen LogP contribution in [0.25, 0.3) is 11.5 Å². The molecule has 3 aromatic rings. The molecule has 0 bridgehead atoms. The minimum atomic E-state index is 0.386. The van der Waals surface area contributed by atoms with Gasteiger partial charge in [0.1, 0.15) is 23.1 Å². The molecule has 2 heterocycles. The summed E-state index contributed by atoms with van der Waals surface area (Å²) in [6, 6.07) is 11.9. The number of aryl methyl sites for hydroxylation is 1. The molecule has 2 aromatic heterocycles. The van der Waals surface area contributed by atoms with Crippen LogP contribution < -0.4 is 16.2 Å². The first-order valence-corrected chi connectivity index (χ1v) is 9.20. The van der Waals surface area contributed by atoms with Crippen molar-refractivity contribution >= 4 is 11.6 Å². The second-order valence-electron chi connectivity index (χ2n) is 6.32. The van der Waals surface area contributed by atoms with Crippen LogP contribution in [-0.2, 0) is 12.8 Å². The summed E-state index contributed by atoms with van der Waals surface area (Å²) >= 11 is 0. The standard InChI is InChI=1S/C21H25N5O/c1-3-11-27-16-9-10-18(24-13-16)21-25-19(22)17(20(23)26-21)12-15-8-6-5-7-14(15)4-2/h5-10,13H,3-4,11-12H2,1-2H3,(H4,22,23,25,26). The van der Waals surface area contributed by atoms with Crippen LogP contribution in [0.3, 0.4) is 0 Å². The zero-order chi connectivity index (χ0) is 19.2. The molecule has 0 radical (unpaired) electrons. The Morgan fingerprint density at radius 2 is 1.63 bits per heavy atom. The van der Waals surface area contributed by atoms with Crippen molar-refractivity contribution in [1.82, 2.24) is 15.0 Å². The molecule has 27 heavy (non-hydrogen) atoms. The van der Waals surface area contributed by atoms with Gasteiger partial charge in [-0.05, 0) is 36.1 Å². The molecular weight excluding hydrogens is 338 g/mol. The molecule has 0 aliphatic carbocycles. The summed E-state index contributed by atoms with van der Waals surface area (Å²) in [5.74, 6) is 1.90. The summed E-state index contributed by atoms with van der Waals surface area (Å²) in [6.45, 7) is 4.84. The predicted octanol–water partition coefficient (Wildman–Crippen LogP) is 3.65. The van der Waals surface area contributed by atoms with E-state index in [2.05, 4.69) is 40.9 Å². The van der Waals surface area contributed by atoms with E-state index in [1.807, 2.05) is 24.3 Å². The van der Waals surface area contributed by atoms with Gasteiger partial charge in [-0.3, -0.25) is 0 Å². The predicted molar refractivity (Wildman–Crippen MR) is 108 cm³/mol. The lowest BCUT2D eigenvalue weighted by Gasteiger charge is -2.12. The highest BCUT2D eigenvalue weighted by molar-refractivity contribution is 5.62. The lowest BCUT2D eigenvalue weighted by molar-refractivity contribution is 0.316. The van der Waals surface area contributed by atoms with Crippen molar-refractivity contribution in [3.05, 3.63) is 59.3 Å². The Bertz CT molecular complexity index is 886. The average molecular weight is 363 g/mol. The quantitative estimate of drug-likeness (QED) is 0.665. The molecule has 0 amide bonds. The van der Waals surface area contributed by atoms with E-state index in [9.17, 15) is 0 Å². The normalized spacial score (nSPS) is 10.7. The van der Waals surface area contributed by atoms with Crippen molar-refractivity contribution < 1.29 is 4.74 Å². The number of nitrogens with zero attached hydrogens (tertiary/aromatic N) is 3. The summed E-state index contributed by atoms with van der Waals surface area (Å²) in [5.41, 5.74) is 16.2. The summed E-state index contributed by atoms with van der Waals surface area (Å²) in [7, 11) is 0. The summed E-state index contributed by atoms with van der Waals surface area (Å²) in [4.78, 5) is 13.2. The van der Waals surface area contributed by atoms with Gasteiger partial charge in [0.15, 0.2) is 5.82 Å². The van der Waals surface area contributed by atoms with Crippen LogP contribution in [0.5, 0.6) is 5.75 Å². The number of aromatic nitrogens is 3. The number of ether oxygens (including phenoxy) is 1. The SMILES string of the molecule is CCCOc1ccc(-c2nc(N)c(Cc3ccccc3CC)c(N)n2)nc1. The minimum Gasteiger partial charge on any atom is -0.492 e. The molecule has 6 heteroatoms. The van der Waals surface area contributed by atoms with Gasteiger partial charge in [0, 0.05) is 12.0 Å². The third-order valence-electron chi connectivity index (χ3n) is 4.38. The highest BCUT2D eigenvalue weighted by Crippen LogP contribution is 2.25. The highest BCUT2D eigenvalue weighted by atomic mass is 16.5. The molecule has 4 N–H and O–H groups in total. The molecule has 0 unspecified atom stereocenters. The largest absolute Gasteiger partial charge is 0.492 e. The summed E-state index contributed by atoms with van der Waals surface area (Å²) in [6.07, 6.45) is 4.16. The van der Waals surface area contributed by atoms with Crippen LogP contribution in [0.15, 0.2) is 42.6 Å². The van der Waals surface area contributed by atoms with Crippen molar-refractivity contribution in [3.8, 4) is 17.3 Å². The van der Waals surface area contributed by atoms with Crippen molar-refractivity contribution in [2.75, 3.05) is 18.1 Å². The van der Waals surface area contributed by atoms with Gasteiger partial charge < -0.3 is 16.2 Å². The first-order chi connectivity index (χ1) is 13.1. The van der Waals surface area contributed by atoms with Gasteiger partial charge in [0.05, 0.1) is 12.8 Å². The van der Waals surface area contributed by atoms with Crippen LogP contribution in [0.4, 0.5) is 11.6 Å². The van der Waals surface area contributed by atoms with E-state index >= 15 is 0 Å². The number of hydrogen-bond donors (Lipinski definition) is 2. The fraction of sp³-hybridized carbons (Fsp3) is 0.286. The number of rotatable bonds is 7. The van der Waals surface area contributed by atoms with E-state index in [1.54, 1.807) is 6.20 Å². The van der Waals surface area contributed by atoms with Gasteiger partial charge in [0.2, 0.25) is 0 Å². The van der Waals surface area contributed by atoms with E-state index in [4.69, 9.17) is 16.2 Å². The fourth-order valence-corrected chi connectivity index (χ4v) is 2.90. The van der Waals surface area contributed by atoms with E-state index in [0.717, 1.165) is 18.4 Å². The van der Waals surface area contributed by atoms with Gasteiger partial charge in [-0.2, -0.15) is 0 Å². The van der Waals surface area contributed by atoms with Crippen LogP contribution in [0.1, 0.15) is 37.0 Å². The molecule has 0 spiro atoms. The first kappa shape index (κ1) is 18.6. The molecule has 1 aromatic carbocycles. The fourth-order valence-electron chi connectivity index (χ4n) is 2.90. The molecule has 0 aliphatic rings. The maximum atomic E-state index is 6.21. The molecule has 3 rings (SSSR count). The Labute approximate surface area is 159 Å². The molecule has 0 saturated carbocycles. The number of nitrogens with two attached hydrogens (primary N) is 2. The molecule has 6 nitrogen and oxygen atoms in total. The van der Waals surface area contributed by atoms with Crippen LogP contribution in [-0.4, -0.2) is 21.6 Å².